The van der Waals surface area contributed by atoms with Crippen LogP contribution in [0.5, 0.6) is 0 Å². The van der Waals surface area contributed by atoms with Crippen molar-refractivity contribution in [3.63, 3.8) is 0 Å². The highest BCUT2D eigenvalue weighted by atomic mass is 35.5. The first-order chi connectivity index (χ1) is 14.0. The Kier molecular flexibility index (Phi) is 6.98. The second kappa shape index (κ2) is 9.85. The average molecular weight is 411 g/mol. The number of carbonyl (C=O) groups is 2. The van der Waals surface area contributed by atoms with Crippen LogP contribution in [0.3, 0.4) is 0 Å². The molecule has 0 heterocycles. The van der Waals surface area contributed by atoms with Crippen LogP contribution in [0, 0.1) is 5.82 Å². The van der Waals surface area contributed by atoms with Crippen molar-refractivity contribution in [2.24, 2.45) is 0 Å². The van der Waals surface area contributed by atoms with E-state index in [0.717, 1.165) is 11.1 Å². The molecule has 2 amide bonds. The summed E-state index contributed by atoms with van der Waals surface area (Å²) < 4.78 is 13.0. The van der Waals surface area contributed by atoms with E-state index in [9.17, 15) is 14.0 Å². The number of rotatable bonds is 7. The summed E-state index contributed by atoms with van der Waals surface area (Å²) in [7, 11) is 0. The molecule has 29 heavy (non-hydrogen) atoms. The van der Waals surface area contributed by atoms with Crippen LogP contribution in [0.25, 0.3) is 0 Å². The average Bonchev–Trinajstić information content (AvgIpc) is 2.74. The van der Waals surface area contributed by atoms with Crippen LogP contribution in [0.1, 0.15) is 21.5 Å². The summed E-state index contributed by atoms with van der Waals surface area (Å²) in [5.74, 6) is -1.02. The van der Waals surface area contributed by atoms with Crippen molar-refractivity contribution in [1.29, 1.82) is 0 Å². The highest BCUT2D eigenvalue weighted by molar-refractivity contribution is 6.30. The molecule has 2 N–H and O–H groups in total. The molecule has 0 saturated carbocycles. The maximum Gasteiger partial charge on any atom is 0.251 e. The monoisotopic (exact) mass is 410 g/mol. The van der Waals surface area contributed by atoms with Crippen LogP contribution >= 0.6 is 11.6 Å². The molecule has 0 aromatic heterocycles. The van der Waals surface area contributed by atoms with E-state index in [-0.39, 0.29) is 24.2 Å². The Balaban J connectivity index is 1.70. The minimum Gasteiger partial charge on any atom is -0.350 e. The second-order valence-corrected chi connectivity index (χ2v) is 7.00. The molecule has 0 aliphatic rings. The molecule has 6 heteroatoms. The van der Waals surface area contributed by atoms with Gasteiger partial charge in [-0.2, -0.15) is 0 Å². The first kappa shape index (κ1) is 20.6. The first-order valence-corrected chi connectivity index (χ1v) is 9.51. The van der Waals surface area contributed by atoms with Gasteiger partial charge in [0.15, 0.2) is 0 Å². The molecule has 1 atom stereocenters. The van der Waals surface area contributed by atoms with Gasteiger partial charge in [0.25, 0.3) is 5.91 Å². The van der Waals surface area contributed by atoms with Crippen molar-refractivity contribution in [2.75, 3.05) is 0 Å². The van der Waals surface area contributed by atoms with E-state index in [1.165, 1.54) is 12.1 Å². The number of benzene rings is 3. The zero-order valence-electron chi connectivity index (χ0n) is 15.6. The number of amides is 2. The Morgan fingerprint density at radius 3 is 2.17 bits per heavy atom. The smallest absolute Gasteiger partial charge is 0.251 e. The zero-order valence-corrected chi connectivity index (χ0v) is 16.3. The maximum absolute atomic E-state index is 13.0. The minimum atomic E-state index is -0.763. The number of hydrogen-bond donors (Lipinski definition) is 2. The quantitative estimate of drug-likeness (QED) is 0.615. The molecule has 3 aromatic carbocycles. The highest BCUT2D eigenvalue weighted by Crippen LogP contribution is 2.11. The standard InChI is InChI=1S/C23H20ClFN2O2/c24-19-10-8-18(9-11-19)22(28)27-21(14-16-4-2-1-3-5-16)23(29)26-15-17-6-12-20(25)13-7-17/h1-13,21H,14-15H2,(H,26,29)(H,27,28). The third-order valence-corrected chi connectivity index (χ3v) is 4.64. The summed E-state index contributed by atoms with van der Waals surface area (Å²) in [6.07, 6.45) is 0.343. The summed E-state index contributed by atoms with van der Waals surface area (Å²) in [5, 5.41) is 6.13. The molecule has 0 spiro atoms. The molecule has 0 saturated heterocycles. The molecule has 3 aromatic rings. The van der Waals surface area contributed by atoms with Crippen molar-refractivity contribution >= 4 is 23.4 Å². The number of nitrogens with one attached hydrogen (secondary N) is 2. The second-order valence-electron chi connectivity index (χ2n) is 6.57. The molecular weight excluding hydrogens is 391 g/mol. The van der Waals surface area contributed by atoms with E-state index in [4.69, 9.17) is 11.6 Å². The minimum absolute atomic E-state index is 0.237. The van der Waals surface area contributed by atoms with Crippen molar-refractivity contribution in [3.05, 3.63) is 106 Å². The lowest BCUT2D eigenvalue weighted by molar-refractivity contribution is -0.123. The van der Waals surface area contributed by atoms with E-state index in [2.05, 4.69) is 10.6 Å². The van der Waals surface area contributed by atoms with Gasteiger partial charge in [0.1, 0.15) is 11.9 Å². The summed E-state index contributed by atoms with van der Waals surface area (Å²) in [5.41, 5.74) is 2.10. The van der Waals surface area contributed by atoms with Gasteiger partial charge in [-0.05, 0) is 47.5 Å². The fourth-order valence-electron chi connectivity index (χ4n) is 2.82. The normalized spacial score (nSPS) is 11.5. The topological polar surface area (TPSA) is 58.2 Å². The predicted molar refractivity (Wildman–Crippen MR) is 111 cm³/mol. The molecule has 0 bridgehead atoms. The van der Waals surface area contributed by atoms with Gasteiger partial charge in [-0.1, -0.05) is 54.1 Å². The van der Waals surface area contributed by atoms with E-state index < -0.39 is 6.04 Å². The van der Waals surface area contributed by atoms with E-state index in [0.29, 0.717) is 17.0 Å². The third kappa shape index (κ3) is 6.16. The lowest BCUT2D eigenvalue weighted by Gasteiger charge is -2.19. The fraction of sp³-hybridized carbons (Fsp3) is 0.130. The van der Waals surface area contributed by atoms with Crippen LogP contribution in [0.15, 0.2) is 78.9 Å². The first-order valence-electron chi connectivity index (χ1n) is 9.14. The van der Waals surface area contributed by atoms with Crippen LogP contribution in [0.2, 0.25) is 5.02 Å². The van der Waals surface area contributed by atoms with Gasteiger partial charge in [-0.25, -0.2) is 4.39 Å². The summed E-state index contributed by atoms with van der Waals surface area (Å²) in [4.78, 5) is 25.4. The molecule has 0 radical (unpaired) electrons. The van der Waals surface area contributed by atoms with E-state index in [1.807, 2.05) is 30.3 Å². The number of halogens is 2. The van der Waals surface area contributed by atoms with Crippen LogP contribution in [-0.4, -0.2) is 17.9 Å². The van der Waals surface area contributed by atoms with Crippen molar-refractivity contribution in [3.8, 4) is 0 Å². The molecule has 3 rings (SSSR count). The summed E-state index contributed by atoms with van der Waals surface area (Å²) in [6.45, 7) is 0.237. The maximum atomic E-state index is 13.0. The third-order valence-electron chi connectivity index (χ3n) is 4.39. The van der Waals surface area contributed by atoms with Gasteiger partial charge < -0.3 is 10.6 Å². The zero-order chi connectivity index (χ0) is 20.6. The Bertz CT molecular complexity index is 960. The lowest BCUT2D eigenvalue weighted by atomic mass is 10.0. The van der Waals surface area contributed by atoms with Crippen molar-refractivity contribution < 1.29 is 14.0 Å². The molecule has 0 aliphatic heterocycles. The van der Waals surface area contributed by atoms with Gasteiger partial charge in [0, 0.05) is 23.6 Å². The Morgan fingerprint density at radius 1 is 0.862 bits per heavy atom. The van der Waals surface area contributed by atoms with Crippen molar-refractivity contribution in [1.82, 2.24) is 10.6 Å². The molecular formula is C23H20ClFN2O2. The van der Waals surface area contributed by atoms with Gasteiger partial charge in [0.05, 0.1) is 0 Å². The van der Waals surface area contributed by atoms with E-state index in [1.54, 1.807) is 36.4 Å². The predicted octanol–water partition coefficient (Wildman–Crippen LogP) is 4.14. The summed E-state index contributed by atoms with van der Waals surface area (Å²) >= 11 is 5.87. The largest absolute Gasteiger partial charge is 0.350 e. The lowest BCUT2D eigenvalue weighted by Crippen LogP contribution is -2.47. The molecule has 0 aliphatic carbocycles. The number of carbonyl (C=O) groups excluding carboxylic acids is 2. The Morgan fingerprint density at radius 2 is 1.52 bits per heavy atom. The molecule has 1 unspecified atom stereocenters. The van der Waals surface area contributed by atoms with Gasteiger partial charge in [-0.15, -0.1) is 0 Å². The summed E-state index contributed by atoms with van der Waals surface area (Å²) in [6, 6.07) is 21.0. The van der Waals surface area contributed by atoms with Crippen LogP contribution in [0.4, 0.5) is 4.39 Å². The van der Waals surface area contributed by atoms with E-state index >= 15 is 0 Å². The van der Waals surface area contributed by atoms with Gasteiger partial charge in [-0.3, -0.25) is 9.59 Å². The SMILES string of the molecule is O=C(NC(Cc1ccccc1)C(=O)NCc1ccc(F)cc1)c1ccc(Cl)cc1. The van der Waals surface area contributed by atoms with Crippen LogP contribution in [-0.2, 0) is 17.8 Å². The molecule has 0 fully saturated rings. The number of hydrogen-bond acceptors (Lipinski definition) is 2. The van der Waals surface area contributed by atoms with Gasteiger partial charge >= 0.3 is 0 Å². The van der Waals surface area contributed by atoms with Crippen molar-refractivity contribution in [2.45, 2.75) is 19.0 Å². The Hall–Kier alpha value is -3.18. The Labute approximate surface area is 173 Å². The van der Waals surface area contributed by atoms with Crippen LogP contribution < -0.4 is 10.6 Å². The highest BCUT2D eigenvalue weighted by Gasteiger charge is 2.22. The molecule has 148 valence electrons. The van der Waals surface area contributed by atoms with Gasteiger partial charge in [0.2, 0.25) is 5.91 Å². The molecule has 4 nitrogen and oxygen atoms in total. The fourth-order valence-corrected chi connectivity index (χ4v) is 2.94.